The maximum absolute atomic E-state index is 12.3. The van der Waals surface area contributed by atoms with Crippen LogP contribution in [0.3, 0.4) is 0 Å². The van der Waals surface area contributed by atoms with Crippen LogP contribution in [0, 0.1) is 0 Å². The van der Waals surface area contributed by atoms with Crippen LogP contribution in [0.15, 0.2) is 47.8 Å². The molecule has 0 aliphatic heterocycles. The molecule has 1 N–H and O–H groups in total. The third kappa shape index (κ3) is 4.41. The van der Waals surface area contributed by atoms with Gasteiger partial charge in [0.1, 0.15) is 4.88 Å². The Kier molecular flexibility index (Phi) is 6.12. The quantitative estimate of drug-likeness (QED) is 0.629. The SMILES string of the molecule is COCCNC(=O)[C@H](OC(=O)c1cccs1)c1ccccc1. The van der Waals surface area contributed by atoms with E-state index >= 15 is 0 Å². The number of esters is 1. The van der Waals surface area contributed by atoms with E-state index in [2.05, 4.69) is 5.32 Å². The highest BCUT2D eigenvalue weighted by molar-refractivity contribution is 7.11. The van der Waals surface area contributed by atoms with Gasteiger partial charge in [-0.3, -0.25) is 4.79 Å². The topological polar surface area (TPSA) is 64.6 Å². The van der Waals surface area contributed by atoms with E-state index in [-0.39, 0.29) is 5.91 Å². The lowest BCUT2D eigenvalue weighted by Gasteiger charge is -2.17. The van der Waals surface area contributed by atoms with Crippen LogP contribution < -0.4 is 5.32 Å². The number of hydrogen-bond acceptors (Lipinski definition) is 5. The molecule has 1 aromatic heterocycles. The van der Waals surface area contributed by atoms with Crippen LogP contribution in [0.25, 0.3) is 0 Å². The molecule has 0 unspecified atom stereocenters. The summed E-state index contributed by atoms with van der Waals surface area (Å²) in [7, 11) is 1.55. The average molecular weight is 319 g/mol. The number of methoxy groups -OCH3 is 1. The molecule has 5 nitrogen and oxygen atoms in total. The predicted molar refractivity (Wildman–Crippen MR) is 83.8 cm³/mol. The van der Waals surface area contributed by atoms with Gasteiger partial charge in [-0.2, -0.15) is 0 Å². The van der Waals surface area contributed by atoms with Crippen molar-refractivity contribution in [2.45, 2.75) is 6.10 Å². The van der Waals surface area contributed by atoms with Crippen LogP contribution in [0.5, 0.6) is 0 Å². The van der Waals surface area contributed by atoms with Crippen LogP contribution in [0.4, 0.5) is 0 Å². The minimum atomic E-state index is -0.979. The summed E-state index contributed by atoms with van der Waals surface area (Å²) in [5.41, 5.74) is 0.627. The van der Waals surface area contributed by atoms with E-state index < -0.39 is 12.1 Å². The van der Waals surface area contributed by atoms with Crippen LogP contribution in [0.2, 0.25) is 0 Å². The van der Waals surface area contributed by atoms with Crippen molar-refractivity contribution < 1.29 is 19.1 Å². The molecule has 0 fully saturated rings. The summed E-state index contributed by atoms with van der Waals surface area (Å²) < 4.78 is 10.3. The number of ether oxygens (including phenoxy) is 2. The van der Waals surface area contributed by atoms with Gasteiger partial charge in [-0.25, -0.2) is 4.79 Å². The second-order valence-electron chi connectivity index (χ2n) is 4.46. The smallest absolute Gasteiger partial charge is 0.349 e. The van der Waals surface area contributed by atoms with E-state index in [0.29, 0.717) is 23.6 Å². The van der Waals surface area contributed by atoms with Crippen molar-refractivity contribution in [2.24, 2.45) is 0 Å². The number of carbonyl (C=O) groups is 2. The van der Waals surface area contributed by atoms with Gasteiger partial charge in [-0.15, -0.1) is 11.3 Å². The number of thiophene rings is 1. The van der Waals surface area contributed by atoms with E-state index in [1.54, 1.807) is 48.9 Å². The molecule has 0 bridgehead atoms. The number of nitrogens with one attached hydrogen (secondary N) is 1. The number of amides is 1. The predicted octanol–water partition coefficient (Wildman–Crippen LogP) is 2.41. The van der Waals surface area contributed by atoms with E-state index in [9.17, 15) is 9.59 Å². The highest BCUT2D eigenvalue weighted by atomic mass is 32.1. The van der Waals surface area contributed by atoms with Crippen LogP contribution in [0.1, 0.15) is 21.3 Å². The van der Waals surface area contributed by atoms with E-state index in [0.717, 1.165) is 0 Å². The highest BCUT2D eigenvalue weighted by Gasteiger charge is 2.25. The molecule has 0 aliphatic carbocycles. The first-order valence-corrected chi connectivity index (χ1v) is 7.66. The standard InChI is InChI=1S/C16H17NO4S/c1-20-10-9-17-15(18)14(12-6-3-2-4-7-12)21-16(19)13-8-5-11-22-13/h2-8,11,14H,9-10H2,1H3,(H,17,18)/t14-/m1/s1. The second-order valence-corrected chi connectivity index (χ2v) is 5.40. The average Bonchev–Trinajstić information content (AvgIpc) is 3.08. The molecule has 1 atom stereocenters. The first-order valence-electron chi connectivity index (χ1n) is 6.78. The van der Waals surface area contributed by atoms with Gasteiger partial charge in [-0.05, 0) is 11.4 Å². The summed E-state index contributed by atoms with van der Waals surface area (Å²) >= 11 is 1.28. The third-order valence-corrected chi connectivity index (χ3v) is 3.74. The van der Waals surface area contributed by atoms with E-state index in [1.807, 2.05) is 6.07 Å². The van der Waals surface area contributed by atoms with Crippen LogP contribution in [-0.4, -0.2) is 32.1 Å². The molecule has 1 heterocycles. The van der Waals surface area contributed by atoms with Gasteiger partial charge in [0.05, 0.1) is 6.61 Å². The van der Waals surface area contributed by atoms with Gasteiger partial charge in [-0.1, -0.05) is 36.4 Å². The summed E-state index contributed by atoms with van der Waals surface area (Å²) in [5, 5.41) is 4.48. The molecular formula is C16H17NO4S. The zero-order chi connectivity index (χ0) is 15.8. The highest BCUT2D eigenvalue weighted by Crippen LogP contribution is 2.21. The van der Waals surface area contributed by atoms with Gasteiger partial charge in [0, 0.05) is 19.2 Å². The molecule has 1 aromatic carbocycles. The fourth-order valence-corrected chi connectivity index (χ4v) is 2.43. The summed E-state index contributed by atoms with van der Waals surface area (Å²) in [5.74, 6) is -0.876. The molecule has 0 aliphatic rings. The van der Waals surface area contributed by atoms with Gasteiger partial charge in [0.2, 0.25) is 6.10 Å². The molecule has 2 aromatic rings. The Morgan fingerprint density at radius 3 is 2.59 bits per heavy atom. The van der Waals surface area contributed by atoms with Gasteiger partial charge < -0.3 is 14.8 Å². The van der Waals surface area contributed by atoms with Gasteiger partial charge >= 0.3 is 5.97 Å². The van der Waals surface area contributed by atoms with Crippen molar-refractivity contribution in [1.82, 2.24) is 5.32 Å². The lowest BCUT2D eigenvalue weighted by Crippen LogP contribution is -2.34. The lowest BCUT2D eigenvalue weighted by molar-refractivity contribution is -0.130. The van der Waals surface area contributed by atoms with Gasteiger partial charge in [0.25, 0.3) is 5.91 Å². The molecule has 0 spiro atoms. The number of hydrogen-bond donors (Lipinski definition) is 1. The molecule has 0 saturated carbocycles. The molecule has 22 heavy (non-hydrogen) atoms. The van der Waals surface area contributed by atoms with Crippen molar-refractivity contribution in [3.63, 3.8) is 0 Å². The summed E-state index contributed by atoms with van der Waals surface area (Å²) in [6.07, 6.45) is -0.979. The number of rotatable bonds is 7. The number of carbonyl (C=O) groups excluding carboxylic acids is 2. The fourth-order valence-electron chi connectivity index (χ4n) is 1.83. The normalized spacial score (nSPS) is 11.7. The van der Waals surface area contributed by atoms with Crippen LogP contribution >= 0.6 is 11.3 Å². The van der Waals surface area contributed by atoms with Crippen molar-refractivity contribution >= 4 is 23.2 Å². The molecule has 2 rings (SSSR count). The second kappa shape index (κ2) is 8.31. The summed E-state index contributed by atoms with van der Waals surface area (Å²) in [6, 6.07) is 12.4. The lowest BCUT2D eigenvalue weighted by atomic mass is 10.1. The third-order valence-electron chi connectivity index (χ3n) is 2.89. The summed E-state index contributed by atoms with van der Waals surface area (Å²) in [6.45, 7) is 0.751. The Hall–Kier alpha value is -2.18. The number of benzene rings is 1. The zero-order valence-electron chi connectivity index (χ0n) is 12.2. The zero-order valence-corrected chi connectivity index (χ0v) is 13.0. The maximum Gasteiger partial charge on any atom is 0.349 e. The molecule has 6 heteroatoms. The molecule has 116 valence electrons. The van der Waals surface area contributed by atoms with Crippen molar-refractivity contribution in [3.05, 3.63) is 58.3 Å². The van der Waals surface area contributed by atoms with Gasteiger partial charge in [0.15, 0.2) is 0 Å². The van der Waals surface area contributed by atoms with E-state index in [4.69, 9.17) is 9.47 Å². The fraction of sp³-hybridized carbons (Fsp3) is 0.250. The Morgan fingerprint density at radius 1 is 1.18 bits per heavy atom. The Morgan fingerprint density at radius 2 is 1.95 bits per heavy atom. The first kappa shape index (κ1) is 16.2. The minimum absolute atomic E-state index is 0.356. The molecular weight excluding hydrogens is 302 g/mol. The van der Waals surface area contributed by atoms with Crippen molar-refractivity contribution in [2.75, 3.05) is 20.3 Å². The van der Waals surface area contributed by atoms with Crippen molar-refractivity contribution in [1.29, 1.82) is 0 Å². The Balaban J connectivity index is 2.11. The Labute approximate surface area is 132 Å². The molecule has 1 amide bonds. The van der Waals surface area contributed by atoms with E-state index in [1.165, 1.54) is 11.3 Å². The van der Waals surface area contributed by atoms with Crippen molar-refractivity contribution in [3.8, 4) is 0 Å². The maximum atomic E-state index is 12.3. The first-order chi connectivity index (χ1) is 10.7. The summed E-state index contributed by atoms with van der Waals surface area (Å²) in [4.78, 5) is 24.9. The van der Waals surface area contributed by atoms with Crippen LogP contribution in [-0.2, 0) is 14.3 Å². The Bertz CT molecular complexity index is 598. The monoisotopic (exact) mass is 319 g/mol. The minimum Gasteiger partial charge on any atom is -0.443 e. The molecule has 0 saturated heterocycles. The molecule has 0 radical (unpaired) electrons. The largest absolute Gasteiger partial charge is 0.443 e.